The Balaban J connectivity index is 0.000000281. The molecule has 9 N–H and O–H groups in total. The van der Waals surface area contributed by atoms with Crippen molar-refractivity contribution in [3.8, 4) is 22.9 Å². The number of nitrogens with one attached hydrogen (secondary N) is 3. The number of carbonyl (C=O) groups excluding carboxylic acids is 2. The number of amides is 1. The summed E-state index contributed by atoms with van der Waals surface area (Å²) in [7, 11) is 1.63. The van der Waals surface area contributed by atoms with Crippen LogP contribution < -0.4 is 27.0 Å². The Morgan fingerprint density at radius 1 is 1.03 bits per heavy atom. The smallest absolute Gasteiger partial charge is 0.336 e. The molecule has 0 spiro atoms. The number of aromatic hydroxyl groups is 1. The van der Waals surface area contributed by atoms with E-state index in [0.29, 0.717) is 25.0 Å². The van der Waals surface area contributed by atoms with Gasteiger partial charge in [-0.25, -0.2) is 9.59 Å². The summed E-state index contributed by atoms with van der Waals surface area (Å²) in [5, 5.41) is 58.8. The van der Waals surface area contributed by atoms with Crippen LogP contribution in [0.1, 0.15) is 64.7 Å². The maximum atomic E-state index is 12.3. The van der Waals surface area contributed by atoms with Gasteiger partial charge in [-0.05, 0) is 55.9 Å². The van der Waals surface area contributed by atoms with Gasteiger partial charge in [0, 0.05) is 50.0 Å². The highest BCUT2D eigenvalue weighted by molar-refractivity contribution is 5.86. The van der Waals surface area contributed by atoms with E-state index in [0.717, 1.165) is 10.6 Å². The quantitative estimate of drug-likeness (QED) is 0.0117. The number of nitrogens with zero attached hydrogens (tertiary/aromatic N) is 5. The van der Waals surface area contributed by atoms with Gasteiger partial charge in [-0.1, -0.05) is 86.2 Å². The van der Waals surface area contributed by atoms with Crippen LogP contribution in [0.3, 0.4) is 0 Å². The van der Waals surface area contributed by atoms with E-state index < -0.39 is 69.5 Å². The predicted molar refractivity (Wildman–Crippen MR) is 240 cm³/mol. The van der Waals surface area contributed by atoms with Gasteiger partial charge in [0.05, 0.1) is 22.0 Å². The first-order valence-corrected chi connectivity index (χ1v) is 20.2. The number of carbonyl (C=O) groups is 3. The van der Waals surface area contributed by atoms with Gasteiger partial charge in [0.2, 0.25) is 11.7 Å². The normalized spacial score (nSPS) is 15.8. The second-order valence-electron chi connectivity index (χ2n) is 14.9. The summed E-state index contributed by atoms with van der Waals surface area (Å²) in [6.45, 7) is 7.35. The number of benzene rings is 3. The van der Waals surface area contributed by atoms with E-state index in [2.05, 4.69) is 58.8 Å². The highest BCUT2D eigenvalue weighted by atomic mass is 16.6. The lowest BCUT2D eigenvalue weighted by molar-refractivity contribution is -0.394. The van der Waals surface area contributed by atoms with Crippen LogP contribution in [0.2, 0.25) is 0 Å². The molecule has 2 heterocycles. The number of esters is 1. The first kappa shape index (κ1) is 51.6. The highest BCUT2D eigenvalue weighted by Crippen LogP contribution is 2.40. The van der Waals surface area contributed by atoms with Crippen LogP contribution in [0.15, 0.2) is 109 Å². The van der Waals surface area contributed by atoms with Gasteiger partial charge < -0.3 is 41.4 Å². The van der Waals surface area contributed by atoms with Gasteiger partial charge in [0.15, 0.2) is 23.8 Å². The summed E-state index contributed by atoms with van der Waals surface area (Å²) in [4.78, 5) is 61.5. The number of nitrogens with two attached hydrogens (primary N) is 2. The summed E-state index contributed by atoms with van der Waals surface area (Å²) in [5.74, 6) is -3.10. The molecule has 65 heavy (non-hydrogen) atoms. The number of nitro benzene ring substituents is 2. The number of non-ortho nitro benzene ring substituents is 1. The van der Waals surface area contributed by atoms with Gasteiger partial charge in [0.25, 0.3) is 11.7 Å². The molecule has 21 heteroatoms. The fourth-order valence-corrected chi connectivity index (χ4v) is 5.96. The van der Waals surface area contributed by atoms with Crippen LogP contribution in [0.5, 0.6) is 11.8 Å². The third-order valence-electron chi connectivity index (χ3n) is 9.60. The van der Waals surface area contributed by atoms with E-state index >= 15 is 0 Å². The van der Waals surface area contributed by atoms with E-state index in [4.69, 9.17) is 31.8 Å². The van der Waals surface area contributed by atoms with Crippen LogP contribution in [0.25, 0.3) is 11.1 Å². The fraction of sp³-hybridized carbons (Fsp3) is 0.318. The Labute approximate surface area is 374 Å². The van der Waals surface area contributed by atoms with E-state index in [1.165, 1.54) is 52.6 Å². The molecule has 1 aliphatic heterocycles. The molecule has 1 aliphatic rings. The minimum absolute atomic E-state index is 0.0454. The molecule has 2 unspecified atom stereocenters. The van der Waals surface area contributed by atoms with Crippen molar-refractivity contribution in [2.24, 2.45) is 11.5 Å². The topological polar surface area (TPSA) is 329 Å². The zero-order chi connectivity index (χ0) is 48.4. The summed E-state index contributed by atoms with van der Waals surface area (Å²) in [6.07, 6.45) is 4.03. The molecule has 1 amide bonds. The summed E-state index contributed by atoms with van der Waals surface area (Å²) >= 11 is 0. The highest BCUT2D eigenvalue weighted by Gasteiger charge is 2.35. The number of rotatable bonds is 15. The molecule has 0 fully saturated rings. The molecule has 0 radical (unpaired) electrons. The SMILES string of the molecule is CCC(C)c1cc([N+](=O)[O-])cc([N+](=O)[O-])c1OC(=O)C=C(C)C.CN(CCC(N)CC(=O)N[C@H]1C=C[C@H](n2ccc(=N)nc2O)O[C@@H]1C(=O)O)C(=N)N.c1ccc(-c2ccccc2)cc1. The zero-order valence-corrected chi connectivity index (χ0v) is 36.5. The molecule has 346 valence electrons. The van der Waals surface area contributed by atoms with Crippen molar-refractivity contribution in [3.05, 3.63) is 140 Å². The predicted octanol–water partition coefficient (Wildman–Crippen LogP) is 5.27. The lowest BCUT2D eigenvalue weighted by atomic mass is 9.96. The maximum absolute atomic E-state index is 12.3. The van der Waals surface area contributed by atoms with E-state index in [1.54, 1.807) is 27.8 Å². The molecular formula is C44H54N10O11. The number of guanidine groups is 1. The van der Waals surface area contributed by atoms with Gasteiger partial charge >= 0.3 is 17.6 Å². The van der Waals surface area contributed by atoms with Gasteiger partial charge in [-0.3, -0.25) is 40.4 Å². The maximum Gasteiger partial charge on any atom is 0.336 e. The molecule has 0 saturated carbocycles. The lowest BCUT2D eigenvalue weighted by Crippen LogP contribution is -2.50. The second-order valence-corrected chi connectivity index (χ2v) is 14.9. The van der Waals surface area contributed by atoms with E-state index in [1.807, 2.05) is 19.1 Å². The van der Waals surface area contributed by atoms with Crippen molar-refractivity contribution in [2.45, 2.75) is 77.3 Å². The third-order valence-corrected chi connectivity index (χ3v) is 9.60. The first-order chi connectivity index (χ1) is 30.7. The number of carboxylic acids is 1. The monoisotopic (exact) mass is 898 g/mol. The number of hydrogen-bond acceptors (Lipinski definition) is 14. The molecule has 0 bridgehead atoms. The van der Waals surface area contributed by atoms with Crippen molar-refractivity contribution in [1.29, 1.82) is 10.8 Å². The molecule has 21 nitrogen and oxygen atoms in total. The zero-order valence-electron chi connectivity index (χ0n) is 36.5. The fourth-order valence-electron chi connectivity index (χ4n) is 5.96. The van der Waals surface area contributed by atoms with Crippen molar-refractivity contribution < 1.29 is 43.9 Å². The average molecular weight is 899 g/mol. The van der Waals surface area contributed by atoms with Crippen molar-refractivity contribution >= 4 is 35.2 Å². The standard InChI is InChI=1S/C17H26N8O5.C15H18N2O6.C12H10/c1-24(16(20)21)6-4-9(18)8-12(26)22-10-2-3-13(30-14(10)15(27)28)25-7-5-11(19)23-17(25)29;1-5-10(4)12-7-11(16(19)20)8-13(17(21)22)15(12)23-14(18)6-9(2)3;1-3-7-11(8-4-1)12-9-5-2-6-10-12/h2-3,5,7,9-10,13-14H,4,6,8,18H2,1H3,(H3,20,21)(H,22,26)(H,27,28)(H2,19,23,29);6-8,10H,5H2,1-4H3;1-10H/t9?,10-,13+,14-;;/m0../s1. The number of allylic oxidation sites excluding steroid dienone is 1. The molecule has 5 atom stereocenters. The minimum Gasteiger partial charge on any atom is -0.480 e. The van der Waals surface area contributed by atoms with E-state index in [-0.39, 0.29) is 35.1 Å². The third kappa shape index (κ3) is 16.1. The van der Waals surface area contributed by atoms with Crippen molar-refractivity contribution in [3.63, 3.8) is 0 Å². The molecule has 4 aromatic rings. The largest absolute Gasteiger partial charge is 0.480 e. The van der Waals surface area contributed by atoms with Gasteiger partial charge in [-0.15, -0.1) is 0 Å². The summed E-state index contributed by atoms with van der Waals surface area (Å²) in [5.41, 5.74) is 13.6. The van der Waals surface area contributed by atoms with Crippen LogP contribution in [-0.2, 0) is 19.1 Å². The second kappa shape index (κ2) is 24.8. The Hall–Kier alpha value is -7.78. The van der Waals surface area contributed by atoms with Crippen molar-refractivity contribution in [2.75, 3.05) is 13.6 Å². The van der Waals surface area contributed by atoms with Crippen LogP contribution in [-0.4, -0.2) is 90.1 Å². The number of nitro groups is 2. The first-order valence-electron chi connectivity index (χ1n) is 20.2. The summed E-state index contributed by atoms with van der Waals surface area (Å²) < 4.78 is 11.8. The average Bonchev–Trinajstić information content (AvgIpc) is 3.26. The number of ether oxygens (including phenoxy) is 2. The van der Waals surface area contributed by atoms with Crippen molar-refractivity contribution in [1.82, 2.24) is 19.8 Å². The molecule has 5 rings (SSSR count). The Morgan fingerprint density at radius 3 is 2.12 bits per heavy atom. The molecular weight excluding hydrogens is 845 g/mol. The van der Waals surface area contributed by atoms with Gasteiger partial charge in [-0.2, -0.15) is 4.98 Å². The van der Waals surface area contributed by atoms with Crippen LogP contribution in [0, 0.1) is 31.0 Å². The van der Waals surface area contributed by atoms with Gasteiger partial charge in [0.1, 0.15) is 0 Å². The van der Waals surface area contributed by atoms with E-state index in [9.17, 15) is 44.8 Å². The molecule has 1 aromatic heterocycles. The van der Waals surface area contributed by atoms with Crippen LogP contribution >= 0.6 is 0 Å². The molecule has 3 aromatic carbocycles. The summed E-state index contributed by atoms with van der Waals surface area (Å²) in [6, 6.07) is 22.2. The number of aliphatic carboxylic acids is 1. The number of hydrogen-bond donors (Lipinski definition) is 7. The minimum atomic E-state index is -1.41. The Morgan fingerprint density at radius 2 is 1.63 bits per heavy atom. The Kier molecular flexibility index (Phi) is 19.6. The molecule has 0 saturated heterocycles. The van der Waals surface area contributed by atoms with Crippen LogP contribution in [0.4, 0.5) is 11.4 Å². The number of carboxylic acid groups (broad SMARTS) is 1. The Bertz CT molecular complexity index is 2390. The lowest BCUT2D eigenvalue weighted by Gasteiger charge is -2.31. The number of aromatic nitrogens is 2. The molecule has 0 aliphatic carbocycles.